The molecule has 0 aliphatic carbocycles. The Kier molecular flexibility index (Phi) is 5.90. The monoisotopic (exact) mass is 344 g/mol. The quantitative estimate of drug-likeness (QED) is 0.812. The third kappa shape index (κ3) is 4.56. The highest BCUT2D eigenvalue weighted by Gasteiger charge is 2.12. The summed E-state index contributed by atoms with van der Waals surface area (Å²) in [5, 5.41) is 20.8. The molecule has 0 unspecified atom stereocenters. The van der Waals surface area contributed by atoms with Crippen LogP contribution in [-0.4, -0.2) is 23.6 Å². The summed E-state index contributed by atoms with van der Waals surface area (Å²) in [5.74, 6) is -1.25. The molecule has 0 saturated carbocycles. The molecular weight excluding hydrogens is 332 g/mol. The second-order valence-electron chi connectivity index (χ2n) is 4.78. The molecule has 1 amide bonds. The first-order valence-electron chi connectivity index (χ1n) is 6.90. The number of hydrogen-bond donors (Lipinski definition) is 2. The number of rotatable bonds is 5. The van der Waals surface area contributed by atoms with Crippen LogP contribution in [0.2, 0.25) is 5.02 Å². The molecule has 2 aromatic rings. The number of hydrogen-bond acceptors (Lipinski definition) is 5. The Morgan fingerprint density at radius 2 is 1.92 bits per heavy atom. The van der Waals surface area contributed by atoms with Gasteiger partial charge < -0.3 is 15.2 Å². The Labute approximate surface area is 143 Å². The van der Waals surface area contributed by atoms with Gasteiger partial charge in [0.15, 0.2) is 6.61 Å². The normalized spacial score (nSPS) is 9.88. The average Bonchev–Trinajstić information content (AvgIpc) is 2.60. The summed E-state index contributed by atoms with van der Waals surface area (Å²) in [5.41, 5.74) is 1.42. The summed E-state index contributed by atoms with van der Waals surface area (Å²) in [6.45, 7) is -0.628. The van der Waals surface area contributed by atoms with Crippen molar-refractivity contribution >= 4 is 29.2 Å². The van der Waals surface area contributed by atoms with Crippen LogP contribution in [0.4, 0.5) is 5.69 Å². The van der Waals surface area contributed by atoms with Gasteiger partial charge in [-0.05, 0) is 35.9 Å². The lowest BCUT2D eigenvalue weighted by atomic mass is 10.1. The minimum absolute atomic E-state index is 0.126. The number of carbonyl (C=O) groups excluding carboxylic acids is 2. The van der Waals surface area contributed by atoms with Crippen LogP contribution in [0.1, 0.15) is 21.5 Å². The highest BCUT2D eigenvalue weighted by molar-refractivity contribution is 6.31. The van der Waals surface area contributed by atoms with E-state index in [1.807, 2.05) is 6.07 Å². The van der Waals surface area contributed by atoms with E-state index < -0.39 is 18.5 Å². The van der Waals surface area contributed by atoms with Crippen LogP contribution in [0.25, 0.3) is 0 Å². The number of aliphatic hydroxyl groups excluding tert-OH is 1. The van der Waals surface area contributed by atoms with Gasteiger partial charge in [-0.1, -0.05) is 23.7 Å². The lowest BCUT2D eigenvalue weighted by molar-refractivity contribution is -0.119. The van der Waals surface area contributed by atoms with Gasteiger partial charge in [0.2, 0.25) is 0 Å². The molecule has 2 N–H and O–H groups in total. The number of benzene rings is 2. The molecule has 0 aliphatic rings. The van der Waals surface area contributed by atoms with E-state index in [2.05, 4.69) is 5.32 Å². The van der Waals surface area contributed by atoms with Crippen molar-refractivity contribution in [3.05, 3.63) is 64.2 Å². The van der Waals surface area contributed by atoms with Crippen molar-refractivity contribution in [3.63, 3.8) is 0 Å². The van der Waals surface area contributed by atoms with Crippen LogP contribution in [0.3, 0.4) is 0 Å². The van der Waals surface area contributed by atoms with E-state index in [4.69, 9.17) is 26.7 Å². The maximum Gasteiger partial charge on any atom is 0.338 e. The second kappa shape index (κ2) is 8.11. The van der Waals surface area contributed by atoms with Crippen LogP contribution in [0.5, 0.6) is 0 Å². The first kappa shape index (κ1) is 17.5. The number of halogens is 1. The summed E-state index contributed by atoms with van der Waals surface area (Å²) in [6, 6.07) is 12.5. The zero-order chi connectivity index (χ0) is 17.5. The van der Waals surface area contributed by atoms with Crippen molar-refractivity contribution in [3.8, 4) is 6.07 Å². The third-order valence-electron chi connectivity index (χ3n) is 3.08. The molecule has 0 aromatic heterocycles. The fourth-order valence-electron chi connectivity index (χ4n) is 1.86. The number of aliphatic hydroxyl groups is 1. The van der Waals surface area contributed by atoms with Gasteiger partial charge in [-0.15, -0.1) is 0 Å². The third-order valence-corrected chi connectivity index (χ3v) is 3.32. The molecule has 2 rings (SSSR count). The SMILES string of the molecule is N#Cc1ccc(Cl)cc1NC(=O)COC(=O)c1ccc(CO)cc1. The number of ether oxygens (including phenoxy) is 1. The van der Waals surface area contributed by atoms with Gasteiger partial charge in [0.05, 0.1) is 23.4 Å². The van der Waals surface area contributed by atoms with Crippen LogP contribution in [0, 0.1) is 11.3 Å². The zero-order valence-electron chi connectivity index (χ0n) is 12.5. The highest BCUT2D eigenvalue weighted by Crippen LogP contribution is 2.20. The van der Waals surface area contributed by atoms with E-state index in [-0.39, 0.29) is 23.4 Å². The summed E-state index contributed by atoms with van der Waals surface area (Å²) >= 11 is 5.83. The predicted octanol–water partition coefficient (Wildman–Crippen LogP) is 2.50. The maximum atomic E-state index is 11.9. The van der Waals surface area contributed by atoms with E-state index in [0.29, 0.717) is 10.6 Å². The number of esters is 1. The minimum Gasteiger partial charge on any atom is -0.452 e. The maximum absolute atomic E-state index is 11.9. The van der Waals surface area contributed by atoms with Crippen LogP contribution in [0.15, 0.2) is 42.5 Å². The number of nitriles is 1. The molecular formula is C17H13ClN2O4. The standard InChI is InChI=1S/C17H13ClN2O4/c18-14-6-5-13(8-19)15(7-14)20-16(22)10-24-17(23)12-3-1-11(9-21)2-4-12/h1-7,21H,9-10H2,(H,20,22). The number of nitrogens with one attached hydrogen (secondary N) is 1. The number of carbonyl (C=O) groups is 2. The van der Waals surface area contributed by atoms with Gasteiger partial charge in [-0.2, -0.15) is 5.26 Å². The second-order valence-corrected chi connectivity index (χ2v) is 5.22. The van der Waals surface area contributed by atoms with E-state index in [0.717, 1.165) is 0 Å². The molecule has 0 atom stereocenters. The first-order chi connectivity index (χ1) is 11.5. The average molecular weight is 345 g/mol. The molecule has 6 nitrogen and oxygen atoms in total. The molecule has 0 saturated heterocycles. The summed E-state index contributed by atoms with van der Waals surface area (Å²) in [6.07, 6.45) is 0. The molecule has 0 heterocycles. The van der Waals surface area contributed by atoms with Gasteiger partial charge >= 0.3 is 5.97 Å². The van der Waals surface area contributed by atoms with Crippen molar-refractivity contribution in [2.75, 3.05) is 11.9 Å². The summed E-state index contributed by atoms with van der Waals surface area (Å²) in [7, 11) is 0. The van der Waals surface area contributed by atoms with E-state index >= 15 is 0 Å². The molecule has 0 fully saturated rings. The fourth-order valence-corrected chi connectivity index (χ4v) is 2.04. The van der Waals surface area contributed by atoms with E-state index in [1.165, 1.54) is 30.3 Å². The van der Waals surface area contributed by atoms with Gasteiger partial charge in [0.1, 0.15) is 6.07 Å². The summed E-state index contributed by atoms with van der Waals surface area (Å²) in [4.78, 5) is 23.7. The summed E-state index contributed by atoms with van der Waals surface area (Å²) < 4.78 is 4.91. The molecule has 122 valence electrons. The Morgan fingerprint density at radius 1 is 1.21 bits per heavy atom. The Bertz CT molecular complexity index is 797. The van der Waals surface area contributed by atoms with Gasteiger partial charge in [0, 0.05) is 5.02 Å². The van der Waals surface area contributed by atoms with Gasteiger partial charge in [0.25, 0.3) is 5.91 Å². The largest absolute Gasteiger partial charge is 0.452 e. The number of amides is 1. The van der Waals surface area contributed by atoms with Crippen LogP contribution >= 0.6 is 11.6 Å². The minimum atomic E-state index is -0.666. The van der Waals surface area contributed by atoms with Crippen LogP contribution in [-0.2, 0) is 16.1 Å². The first-order valence-corrected chi connectivity index (χ1v) is 7.27. The van der Waals surface area contributed by atoms with E-state index in [1.54, 1.807) is 12.1 Å². The molecule has 0 spiro atoms. The van der Waals surface area contributed by atoms with Gasteiger partial charge in [-0.25, -0.2) is 4.79 Å². The zero-order valence-corrected chi connectivity index (χ0v) is 13.2. The van der Waals surface area contributed by atoms with Crippen molar-refractivity contribution in [2.24, 2.45) is 0 Å². The van der Waals surface area contributed by atoms with Crippen molar-refractivity contribution in [1.29, 1.82) is 5.26 Å². The van der Waals surface area contributed by atoms with Crippen molar-refractivity contribution in [1.82, 2.24) is 0 Å². The fraction of sp³-hybridized carbons (Fsp3) is 0.118. The predicted molar refractivity (Wildman–Crippen MR) is 87.4 cm³/mol. The number of nitrogens with zero attached hydrogens (tertiary/aromatic N) is 1. The Morgan fingerprint density at radius 3 is 2.54 bits per heavy atom. The van der Waals surface area contributed by atoms with Crippen molar-refractivity contribution < 1.29 is 19.4 Å². The van der Waals surface area contributed by atoms with Gasteiger partial charge in [-0.3, -0.25) is 4.79 Å². The highest BCUT2D eigenvalue weighted by atomic mass is 35.5. The molecule has 0 bridgehead atoms. The molecule has 2 aromatic carbocycles. The smallest absolute Gasteiger partial charge is 0.338 e. The lowest BCUT2D eigenvalue weighted by Gasteiger charge is -2.08. The number of anilines is 1. The van der Waals surface area contributed by atoms with Crippen molar-refractivity contribution in [2.45, 2.75) is 6.61 Å². The Hall–Kier alpha value is -2.88. The Balaban J connectivity index is 1.94. The molecule has 24 heavy (non-hydrogen) atoms. The van der Waals surface area contributed by atoms with E-state index in [9.17, 15) is 9.59 Å². The lowest BCUT2D eigenvalue weighted by Crippen LogP contribution is -2.21. The van der Waals surface area contributed by atoms with Crippen LogP contribution < -0.4 is 5.32 Å². The molecule has 0 aliphatic heterocycles. The topological polar surface area (TPSA) is 99.4 Å². The molecule has 0 radical (unpaired) electrons. The molecule has 7 heteroatoms.